The maximum atomic E-state index is 6.05. The summed E-state index contributed by atoms with van der Waals surface area (Å²) in [5, 5.41) is 4.52. The van der Waals surface area contributed by atoms with E-state index in [-0.39, 0.29) is 0 Å². The van der Waals surface area contributed by atoms with Crippen LogP contribution in [0.1, 0.15) is 38.2 Å². The van der Waals surface area contributed by atoms with Crippen molar-refractivity contribution in [3.05, 3.63) is 60.4 Å². The Bertz CT molecular complexity index is 969. The maximum Gasteiger partial charge on any atom is 0.133 e. The van der Waals surface area contributed by atoms with Gasteiger partial charge in [0.1, 0.15) is 17.2 Å². The SMILES string of the molecule is CCN=C(Nc1ccc(OCC2CCC(CN)CC2)cc1)c1ccc2occc2c1. The molecule has 1 aliphatic carbocycles. The number of nitrogens with one attached hydrogen (secondary N) is 1. The highest BCUT2D eigenvalue weighted by Gasteiger charge is 2.20. The summed E-state index contributed by atoms with van der Waals surface area (Å²) < 4.78 is 11.5. The first-order valence-electron chi connectivity index (χ1n) is 11.0. The number of anilines is 1. The maximum absolute atomic E-state index is 6.05. The molecule has 0 radical (unpaired) electrons. The van der Waals surface area contributed by atoms with Gasteiger partial charge in [-0.3, -0.25) is 4.99 Å². The number of nitrogens with zero attached hydrogens (tertiary/aromatic N) is 1. The van der Waals surface area contributed by atoms with Gasteiger partial charge >= 0.3 is 0 Å². The monoisotopic (exact) mass is 405 g/mol. The first-order valence-corrected chi connectivity index (χ1v) is 11.0. The normalized spacial score (nSPS) is 19.7. The fraction of sp³-hybridized carbons (Fsp3) is 0.400. The molecule has 1 fully saturated rings. The van der Waals surface area contributed by atoms with Gasteiger partial charge in [-0.1, -0.05) is 0 Å². The lowest BCUT2D eigenvalue weighted by Crippen LogP contribution is -2.24. The molecule has 3 aromatic rings. The molecule has 5 heteroatoms. The zero-order valence-corrected chi connectivity index (χ0v) is 17.6. The van der Waals surface area contributed by atoms with Crippen molar-refractivity contribution in [1.29, 1.82) is 0 Å². The summed E-state index contributed by atoms with van der Waals surface area (Å²) >= 11 is 0. The fourth-order valence-electron chi connectivity index (χ4n) is 4.09. The van der Waals surface area contributed by atoms with E-state index in [0.29, 0.717) is 18.4 Å². The third-order valence-electron chi connectivity index (χ3n) is 5.94. The van der Waals surface area contributed by atoms with Gasteiger partial charge in [0.25, 0.3) is 0 Å². The van der Waals surface area contributed by atoms with E-state index in [9.17, 15) is 0 Å². The minimum atomic E-state index is 0.645. The highest BCUT2D eigenvalue weighted by atomic mass is 16.5. The number of hydrogen-bond acceptors (Lipinski definition) is 4. The molecule has 1 aromatic heterocycles. The van der Waals surface area contributed by atoms with Crippen LogP contribution in [0, 0.1) is 11.8 Å². The summed E-state index contributed by atoms with van der Waals surface area (Å²) in [5.41, 5.74) is 8.70. The van der Waals surface area contributed by atoms with Crippen LogP contribution in [0.25, 0.3) is 11.0 Å². The molecule has 0 atom stereocenters. The Balaban J connectivity index is 1.36. The zero-order chi connectivity index (χ0) is 20.8. The molecule has 1 saturated carbocycles. The zero-order valence-electron chi connectivity index (χ0n) is 17.6. The summed E-state index contributed by atoms with van der Waals surface area (Å²) in [4.78, 5) is 4.65. The number of rotatable bonds is 7. The molecule has 4 rings (SSSR count). The van der Waals surface area contributed by atoms with Crippen LogP contribution in [0.2, 0.25) is 0 Å². The molecule has 0 spiro atoms. The molecule has 30 heavy (non-hydrogen) atoms. The lowest BCUT2D eigenvalue weighted by molar-refractivity contribution is 0.185. The predicted octanol–water partition coefficient (Wildman–Crippen LogP) is 5.46. The van der Waals surface area contributed by atoms with Crippen LogP contribution in [0.3, 0.4) is 0 Å². The second kappa shape index (κ2) is 9.81. The minimum absolute atomic E-state index is 0.645. The number of benzene rings is 2. The van der Waals surface area contributed by atoms with Gasteiger partial charge in [-0.15, -0.1) is 0 Å². The topological polar surface area (TPSA) is 72.8 Å². The molecular formula is C25H31N3O2. The van der Waals surface area contributed by atoms with E-state index < -0.39 is 0 Å². The number of fused-ring (bicyclic) bond motifs is 1. The van der Waals surface area contributed by atoms with Crippen LogP contribution < -0.4 is 15.8 Å². The molecule has 2 aromatic carbocycles. The van der Waals surface area contributed by atoms with Gasteiger partial charge < -0.3 is 20.2 Å². The summed E-state index contributed by atoms with van der Waals surface area (Å²) in [6.45, 7) is 4.36. The van der Waals surface area contributed by atoms with Crippen molar-refractivity contribution >= 4 is 22.5 Å². The van der Waals surface area contributed by atoms with Gasteiger partial charge in [0.2, 0.25) is 0 Å². The Hall–Kier alpha value is -2.79. The number of amidine groups is 1. The fourth-order valence-corrected chi connectivity index (χ4v) is 4.09. The van der Waals surface area contributed by atoms with Gasteiger partial charge in [-0.05, 0) is 99.5 Å². The van der Waals surface area contributed by atoms with Gasteiger partial charge in [-0.25, -0.2) is 0 Å². The Morgan fingerprint density at radius 3 is 2.57 bits per heavy atom. The van der Waals surface area contributed by atoms with Crippen molar-refractivity contribution in [2.75, 3.05) is 25.0 Å². The third kappa shape index (κ3) is 5.03. The number of nitrogens with two attached hydrogens (primary N) is 1. The smallest absolute Gasteiger partial charge is 0.133 e. The standard InChI is InChI=1S/C25H31N3O2/c1-2-27-25(21-7-12-24-20(15-21)13-14-29-24)28-22-8-10-23(11-9-22)30-17-19-5-3-18(16-26)4-6-19/h7-15,18-19H,2-6,16-17,26H2,1H3,(H,27,28). The third-order valence-corrected chi connectivity index (χ3v) is 5.94. The van der Waals surface area contributed by atoms with E-state index in [0.717, 1.165) is 47.0 Å². The molecule has 0 amide bonds. The minimum Gasteiger partial charge on any atom is -0.493 e. The molecule has 3 N–H and O–H groups in total. The van der Waals surface area contributed by atoms with E-state index in [4.69, 9.17) is 14.9 Å². The lowest BCUT2D eigenvalue weighted by atomic mass is 9.82. The Kier molecular flexibility index (Phi) is 6.70. The number of ether oxygens (including phenoxy) is 1. The van der Waals surface area contributed by atoms with Crippen molar-refractivity contribution in [3.63, 3.8) is 0 Å². The average Bonchev–Trinajstić information content (AvgIpc) is 3.26. The van der Waals surface area contributed by atoms with E-state index >= 15 is 0 Å². The summed E-state index contributed by atoms with van der Waals surface area (Å²) in [7, 11) is 0. The van der Waals surface area contributed by atoms with Crippen molar-refractivity contribution < 1.29 is 9.15 Å². The largest absolute Gasteiger partial charge is 0.493 e. The second-order valence-corrected chi connectivity index (χ2v) is 8.08. The number of aliphatic imine (C=N–C) groups is 1. The van der Waals surface area contributed by atoms with Gasteiger partial charge in [-0.2, -0.15) is 0 Å². The summed E-state index contributed by atoms with van der Waals surface area (Å²) in [5.74, 6) is 3.12. The molecule has 158 valence electrons. The molecule has 0 saturated heterocycles. The molecule has 0 bridgehead atoms. The molecule has 0 aliphatic heterocycles. The molecule has 1 heterocycles. The highest BCUT2D eigenvalue weighted by molar-refractivity contribution is 6.09. The van der Waals surface area contributed by atoms with Crippen LogP contribution in [0.4, 0.5) is 5.69 Å². The molecule has 1 aliphatic rings. The second-order valence-electron chi connectivity index (χ2n) is 8.08. The Labute approximate surface area is 178 Å². The van der Waals surface area contributed by atoms with Gasteiger partial charge in [0, 0.05) is 23.2 Å². The average molecular weight is 406 g/mol. The van der Waals surface area contributed by atoms with Crippen LogP contribution in [0.5, 0.6) is 5.75 Å². The Morgan fingerprint density at radius 1 is 1.07 bits per heavy atom. The van der Waals surface area contributed by atoms with Gasteiger partial charge in [0.15, 0.2) is 0 Å². The first-order chi connectivity index (χ1) is 14.7. The van der Waals surface area contributed by atoms with Crippen LogP contribution in [-0.4, -0.2) is 25.5 Å². The van der Waals surface area contributed by atoms with Crippen LogP contribution >= 0.6 is 0 Å². The molecular weight excluding hydrogens is 374 g/mol. The Morgan fingerprint density at radius 2 is 1.83 bits per heavy atom. The van der Waals surface area contributed by atoms with Crippen molar-refractivity contribution in [1.82, 2.24) is 0 Å². The van der Waals surface area contributed by atoms with E-state index in [1.165, 1.54) is 25.7 Å². The summed E-state index contributed by atoms with van der Waals surface area (Å²) in [6.07, 6.45) is 6.62. The highest BCUT2D eigenvalue weighted by Crippen LogP contribution is 2.29. The van der Waals surface area contributed by atoms with Crippen molar-refractivity contribution in [2.45, 2.75) is 32.6 Å². The van der Waals surface area contributed by atoms with E-state index in [2.05, 4.69) is 16.4 Å². The van der Waals surface area contributed by atoms with E-state index in [1.54, 1.807) is 6.26 Å². The first kappa shape index (κ1) is 20.5. The van der Waals surface area contributed by atoms with Crippen molar-refractivity contribution in [3.8, 4) is 5.75 Å². The van der Waals surface area contributed by atoms with E-state index in [1.807, 2.05) is 49.4 Å². The molecule has 0 unspecified atom stereocenters. The van der Waals surface area contributed by atoms with Crippen LogP contribution in [-0.2, 0) is 0 Å². The summed E-state index contributed by atoms with van der Waals surface area (Å²) in [6, 6.07) is 16.2. The quantitative estimate of drug-likeness (QED) is 0.405. The van der Waals surface area contributed by atoms with Crippen LogP contribution in [0.15, 0.2) is 64.2 Å². The number of hydrogen-bond donors (Lipinski definition) is 2. The lowest BCUT2D eigenvalue weighted by Gasteiger charge is -2.27. The van der Waals surface area contributed by atoms with Crippen molar-refractivity contribution in [2.24, 2.45) is 22.6 Å². The predicted molar refractivity (Wildman–Crippen MR) is 123 cm³/mol. The number of furan rings is 1. The molecule has 5 nitrogen and oxygen atoms in total. The van der Waals surface area contributed by atoms with Gasteiger partial charge in [0.05, 0.1) is 12.9 Å².